The highest BCUT2D eigenvalue weighted by molar-refractivity contribution is 7.45. The van der Waals surface area contributed by atoms with E-state index in [9.17, 15) is 19.4 Å². The largest absolute Gasteiger partial charge is 0.756 e. The molecule has 0 rings (SSSR count). The number of phosphoric acid groups is 1. The number of hydrogen-bond donors (Lipinski definition) is 2. The smallest absolute Gasteiger partial charge is 0.268 e. The molecule has 0 aromatic heterocycles. The summed E-state index contributed by atoms with van der Waals surface area (Å²) >= 11 is 0. The first kappa shape index (κ1) is 56.9. The van der Waals surface area contributed by atoms with Gasteiger partial charge in [-0.3, -0.25) is 9.36 Å². The SMILES string of the molecule is CC/C=C\C/C=C\C/C=C\C/C=C\C/C=C\C/C=C\C/C=C\C/C=C\CCCCCCCCC(=O)NC(COP(=O)([O-])OCC[N+](C)(C)C)C(O)/C=C/CC/C=C/CCC. The van der Waals surface area contributed by atoms with Crippen LogP contribution in [0, 0.1) is 0 Å². The van der Waals surface area contributed by atoms with Crippen LogP contribution < -0.4 is 10.2 Å². The van der Waals surface area contributed by atoms with Crippen LogP contribution in [0.5, 0.6) is 0 Å². The van der Waals surface area contributed by atoms with E-state index in [0.717, 1.165) is 122 Å². The van der Waals surface area contributed by atoms with Gasteiger partial charge in [-0.05, 0) is 89.9 Å². The summed E-state index contributed by atoms with van der Waals surface area (Å²) in [5.41, 5.74) is 0. The number of carbonyl (C=O) groups excluding carboxylic acids is 1. The minimum atomic E-state index is -4.60. The molecule has 0 radical (unpaired) electrons. The normalized spacial score (nSPS) is 15.4. The Bertz CT molecular complexity index is 1380. The van der Waals surface area contributed by atoms with E-state index in [1.165, 1.54) is 0 Å². The molecule has 0 fully saturated rings. The third kappa shape index (κ3) is 43.0. The van der Waals surface area contributed by atoms with Gasteiger partial charge in [-0.2, -0.15) is 0 Å². The van der Waals surface area contributed by atoms with Crippen molar-refractivity contribution in [1.82, 2.24) is 5.32 Å². The van der Waals surface area contributed by atoms with Crippen LogP contribution in [0.2, 0.25) is 0 Å². The molecule has 0 aromatic carbocycles. The lowest BCUT2D eigenvalue weighted by Crippen LogP contribution is -2.45. The molecule has 0 saturated carbocycles. The summed E-state index contributed by atoms with van der Waals surface area (Å²) in [4.78, 5) is 25.2. The molecule has 8 nitrogen and oxygen atoms in total. The number of quaternary nitrogens is 1. The molecule has 0 saturated heterocycles. The zero-order valence-electron chi connectivity index (χ0n) is 38.3. The van der Waals surface area contributed by atoms with E-state index in [1.54, 1.807) is 6.08 Å². The number of aliphatic hydroxyl groups is 1. The standard InChI is InChI=1S/C51H85N2O6P/c1-6-8-10-12-14-15-16-17-18-19-20-21-22-23-24-25-26-27-28-29-30-31-32-33-34-35-36-37-39-41-43-45-51(55)52-49(50(54)44-42-40-38-13-11-9-7-2)48-59-60(56,57)58-47-46-53(3,4)5/h8,10-11,13-15,17-18,20-21,23-24,26-27,29-30,32-33,42,44,49-50,54H,6-7,9,12,16,19,22,25,28,31,34-41,43,45-48H2,1-5H3,(H-,52,55,56,57)/b10-8-,13-11+,15-14-,18-17-,21-20-,24-23-,27-26-,30-29-,33-32-,44-42+. The van der Waals surface area contributed by atoms with E-state index in [4.69, 9.17) is 9.05 Å². The zero-order valence-corrected chi connectivity index (χ0v) is 39.2. The third-order valence-corrected chi connectivity index (χ3v) is 10.1. The maximum absolute atomic E-state index is 12.8. The Hall–Kier alpha value is -3.10. The second-order valence-corrected chi connectivity index (χ2v) is 17.4. The number of nitrogens with zero attached hydrogens (tertiary/aromatic N) is 1. The molecule has 0 aliphatic carbocycles. The average Bonchev–Trinajstić information content (AvgIpc) is 3.20. The van der Waals surface area contributed by atoms with Crippen molar-refractivity contribution < 1.29 is 32.9 Å². The minimum Gasteiger partial charge on any atom is -0.756 e. The predicted molar refractivity (Wildman–Crippen MR) is 255 cm³/mol. The summed E-state index contributed by atoms with van der Waals surface area (Å²) in [6.07, 6.45) is 61.4. The topological polar surface area (TPSA) is 108 Å². The van der Waals surface area contributed by atoms with E-state index in [2.05, 4.69) is 129 Å². The Morgan fingerprint density at radius 2 is 1.03 bits per heavy atom. The van der Waals surface area contributed by atoms with Gasteiger partial charge in [-0.15, -0.1) is 0 Å². The number of allylic oxidation sites excluding steroid dienone is 19. The fourth-order valence-electron chi connectivity index (χ4n) is 5.54. The molecule has 340 valence electrons. The van der Waals surface area contributed by atoms with Gasteiger partial charge in [0.05, 0.1) is 39.9 Å². The van der Waals surface area contributed by atoms with Gasteiger partial charge in [0.15, 0.2) is 0 Å². The summed E-state index contributed by atoms with van der Waals surface area (Å²) in [6.45, 7) is 4.34. The molecule has 0 aliphatic rings. The lowest BCUT2D eigenvalue weighted by atomic mass is 10.1. The Morgan fingerprint density at radius 1 is 0.600 bits per heavy atom. The summed E-state index contributed by atoms with van der Waals surface area (Å²) in [6, 6.07) is -0.917. The van der Waals surface area contributed by atoms with Gasteiger partial charge < -0.3 is 28.8 Å². The monoisotopic (exact) mass is 853 g/mol. The zero-order chi connectivity index (χ0) is 44.3. The van der Waals surface area contributed by atoms with Crippen molar-refractivity contribution in [2.45, 2.75) is 154 Å². The van der Waals surface area contributed by atoms with Crippen molar-refractivity contribution in [2.24, 2.45) is 0 Å². The van der Waals surface area contributed by atoms with E-state index in [-0.39, 0.29) is 12.5 Å². The van der Waals surface area contributed by atoms with Crippen LogP contribution in [0.15, 0.2) is 122 Å². The molecule has 0 aliphatic heterocycles. The highest BCUT2D eigenvalue weighted by atomic mass is 31.2. The Labute approximate surface area is 367 Å². The Morgan fingerprint density at radius 3 is 1.53 bits per heavy atom. The minimum absolute atomic E-state index is 0.0174. The van der Waals surface area contributed by atoms with Crippen LogP contribution in [-0.4, -0.2) is 68.5 Å². The Balaban J connectivity index is 4.19. The molecular weight excluding hydrogens is 768 g/mol. The average molecular weight is 853 g/mol. The molecule has 0 spiro atoms. The maximum atomic E-state index is 12.8. The first-order valence-electron chi connectivity index (χ1n) is 22.9. The lowest BCUT2D eigenvalue weighted by molar-refractivity contribution is -0.870. The molecule has 1 amide bonds. The molecule has 2 N–H and O–H groups in total. The van der Waals surface area contributed by atoms with Gasteiger partial charge in [-0.1, -0.05) is 167 Å². The van der Waals surface area contributed by atoms with Crippen LogP contribution in [0.3, 0.4) is 0 Å². The van der Waals surface area contributed by atoms with E-state index >= 15 is 0 Å². The number of amides is 1. The van der Waals surface area contributed by atoms with Crippen molar-refractivity contribution in [3.63, 3.8) is 0 Å². The van der Waals surface area contributed by atoms with Crippen molar-refractivity contribution >= 4 is 13.7 Å². The number of rotatable bonds is 39. The molecular formula is C51H85N2O6P. The fourth-order valence-corrected chi connectivity index (χ4v) is 6.26. The van der Waals surface area contributed by atoms with Gasteiger partial charge in [0.2, 0.25) is 5.91 Å². The number of hydrogen-bond acceptors (Lipinski definition) is 6. The summed E-state index contributed by atoms with van der Waals surface area (Å²) in [5.74, 6) is -0.234. The molecule has 3 atom stereocenters. The van der Waals surface area contributed by atoms with Crippen LogP contribution in [0.25, 0.3) is 0 Å². The predicted octanol–water partition coefficient (Wildman–Crippen LogP) is 12.4. The fraction of sp³-hybridized carbons (Fsp3) is 0.588. The lowest BCUT2D eigenvalue weighted by Gasteiger charge is -2.29. The molecule has 60 heavy (non-hydrogen) atoms. The van der Waals surface area contributed by atoms with Gasteiger partial charge in [0, 0.05) is 6.42 Å². The number of nitrogens with one attached hydrogen (secondary N) is 1. The van der Waals surface area contributed by atoms with Crippen molar-refractivity contribution in [1.29, 1.82) is 0 Å². The van der Waals surface area contributed by atoms with Gasteiger partial charge >= 0.3 is 0 Å². The number of phosphoric ester groups is 1. The second-order valence-electron chi connectivity index (χ2n) is 16.0. The van der Waals surface area contributed by atoms with Gasteiger partial charge in [0.1, 0.15) is 13.2 Å². The third-order valence-electron chi connectivity index (χ3n) is 9.14. The Kier molecular flexibility index (Phi) is 39.1. The van der Waals surface area contributed by atoms with Crippen molar-refractivity contribution in [2.75, 3.05) is 40.9 Å². The maximum Gasteiger partial charge on any atom is 0.268 e. The number of likely N-dealkylation sites (N-methyl/N-ethyl adjacent to an activating group) is 1. The van der Waals surface area contributed by atoms with E-state index in [0.29, 0.717) is 17.4 Å². The van der Waals surface area contributed by atoms with Gasteiger partial charge in [-0.25, -0.2) is 0 Å². The van der Waals surface area contributed by atoms with E-state index in [1.807, 2.05) is 27.2 Å². The molecule has 3 unspecified atom stereocenters. The first-order valence-corrected chi connectivity index (χ1v) is 24.4. The highest BCUT2D eigenvalue weighted by Crippen LogP contribution is 2.38. The van der Waals surface area contributed by atoms with Crippen LogP contribution in [0.1, 0.15) is 142 Å². The van der Waals surface area contributed by atoms with Crippen LogP contribution >= 0.6 is 7.82 Å². The molecule has 0 heterocycles. The van der Waals surface area contributed by atoms with Gasteiger partial charge in [0.25, 0.3) is 7.82 Å². The van der Waals surface area contributed by atoms with Crippen molar-refractivity contribution in [3.05, 3.63) is 122 Å². The summed E-state index contributed by atoms with van der Waals surface area (Å²) < 4.78 is 23.0. The van der Waals surface area contributed by atoms with Crippen LogP contribution in [0.4, 0.5) is 0 Å². The quantitative estimate of drug-likeness (QED) is 0.0276. The molecule has 0 aromatic rings. The summed E-state index contributed by atoms with van der Waals surface area (Å²) in [7, 11) is 1.20. The van der Waals surface area contributed by atoms with Crippen molar-refractivity contribution in [3.8, 4) is 0 Å². The molecule has 9 heteroatoms. The highest BCUT2D eigenvalue weighted by Gasteiger charge is 2.23. The second kappa shape index (κ2) is 41.3. The summed E-state index contributed by atoms with van der Waals surface area (Å²) in [5, 5.41) is 13.6. The van der Waals surface area contributed by atoms with E-state index < -0.39 is 26.6 Å². The first-order chi connectivity index (χ1) is 29.0. The number of aliphatic hydroxyl groups excluding tert-OH is 1. The number of carbonyl (C=O) groups is 1. The number of unbranched alkanes of at least 4 members (excludes halogenated alkanes) is 8. The van der Waals surface area contributed by atoms with Crippen LogP contribution in [-0.2, 0) is 18.4 Å². The molecule has 0 bridgehead atoms.